The van der Waals surface area contributed by atoms with Crippen molar-refractivity contribution in [1.82, 2.24) is 0 Å². The van der Waals surface area contributed by atoms with Crippen LogP contribution in [0.4, 0.5) is 24.5 Å². The van der Waals surface area contributed by atoms with Crippen LogP contribution < -0.4 is 4.90 Å². The molecule has 0 N–H and O–H groups in total. The maximum Gasteiger partial charge on any atom is 0.416 e. The van der Waals surface area contributed by atoms with Gasteiger partial charge in [-0.25, -0.2) is 8.42 Å². The van der Waals surface area contributed by atoms with Crippen molar-refractivity contribution in [3.05, 3.63) is 83.9 Å². The smallest absolute Gasteiger partial charge is 0.335 e. The van der Waals surface area contributed by atoms with Crippen LogP contribution in [0.5, 0.6) is 0 Å². The number of fused-ring (bicyclic) bond motifs is 2. The summed E-state index contributed by atoms with van der Waals surface area (Å²) in [6, 6.07) is 18.1. The molecule has 4 rings (SSSR count). The minimum Gasteiger partial charge on any atom is -0.335 e. The van der Waals surface area contributed by atoms with Gasteiger partial charge in [0, 0.05) is 6.54 Å². The molecule has 3 aromatic carbocycles. The molecule has 1 aliphatic rings. The average molecular weight is 389 g/mol. The number of nitrogens with zero attached hydrogens (tertiary/aromatic N) is 1. The maximum atomic E-state index is 13.0. The van der Waals surface area contributed by atoms with E-state index in [-0.39, 0.29) is 16.3 Å². The molecular formula is C20H14F3NO2S. The molecule has 7 heteroatoms. The van der Waals surface area contributed by atoms with E-state index in [1.165, 1.54) is 18.2 Å². The van der Waals surface area contributed by atoms with Gasteiger partial charge in [-0.15, -0.1) is 0 Å². The van der Waals surface area contributed by atoms with E-state index < -0.39 is 21.6 Å². The van der Waals surface area contributed by atoms with E-state index in [2.05, 4.69) is 0 Å². The summed E-state index contributed by atoms with van der Waals surface area (Å²) in [6.45, 7) is 0.119. The highest BCUT2D eigenvalue weighted by atomic mass is 32.2. The number of hydrogen-bond donors (Lipinski definition) is 0. The van der Waals surface area contributed by atoms with Crippen molar-refractivity contribution in [2.75, 3.05) is 4.90 Å². The molecule has 27 heavy (non-hydrogen) atoms. The first-order chi connectivity index (χ1) is 12.8. The van der Waals surface area contributed by atoms with Crippen molar-refractivity contribution in [3.8, 4) is 0 Å². The lowest BCUT2D eigenvalue weighted by Gasteiger charge is -2.33. The lowest BCUT2D eigenvalue weighted by molar-refractivity contribution is -0.137. The molecule has 0 aliphatic carbocycles. The zero-order chi connectivity index (χ0) is 19.2. The highest BCUT2D eigenvalue weighted by Crippen LogP contribution is 2.44. The summed E-state index contributed by atoms with van der Waals surface area (Å²) in [5, 5.41) is 0. The van der Waals surface area contributed by atoms with Crippen molar-refractivity contribution >= 4 is 21.2 Å². The zero-order valence-electron chi connectivity index (χ0n) is 13.9. The molecule has 0 atom stereocenters. The van der Waals surface area contributed by atoms with Crippen molar-refractivity contribution in [3.63, 3.8) is 0 Å². The molecule has 1 heterocycles. The highest BCUT2D eigenvalue weighted by Gasteiger charge is 2.34. The van der Waals surface area contributed by atoms with Crippen LogP contribution >= 0.6 is 0 Å². The Morgan fingerprint density at radius 2 is 1.33 bits per heavy atom. The quantitative estimate of drug-likeness (QED) is 0.605. The minimum absolute atomic E-state index is 0.119. The standard InChI is InChI=1S/C20H14F3NO2S/c21-20(22,23)15-7-5-6-14(12-15)13-24-16-8-1-3-10-18(16)27(25,26)19-11-4-2-9-17(19)24/h1-12H,13H2. The van der Waals surface area contributed by atoms with Gasteiger partial charge in [-0.2, -0.15) is 13.2 Å². The largest absolute Gasteiger partial charge is 0.416 e. The summed E-state index contributed by atoms with van der Waals surface area (Å²) >= 11 is 0. The van der Waals surface area contributed by atoms with Gasteiger partial charge in [-0.05, 0) is 42.0 Å². The Labute approximate surface area is 154 Å². The molecule has 0 bridgehead atoms. The SMILES string of the molecule is O=S1(=O)c2ccccc2N(Cc2cccc(C(F)(F)F)c2)c2ccccc21. The maximum absolute atomic E-state index is 13.0. The molecule has 0 saturated heterocycles. The summed E-state index contributed by atoms with van der Waals surface area (Å²) in [5.41, 5.74) is 0.613. The van der Waals surface area contributed by atoms with Gasteiger partial charge in [0.1, 0.15) is 0 Å². The number of sulfone groups is 1. The number of para-hydroxylation sites is 2. The second-order valence-electron chi connectivity index (χ2n) is 6.22. The summed E-state index contributed by atoms with van der Waals surface area (Å²) in [7, 11) is -3.68. The van der Waals surface area contributed by atoms with Crippen LogP contribution in [0, 0.1) is 0 Å². The van der Waals surface area contributed by atoms with E-state index in [4.69, 9.17) is 0 Å². The summed E-state index contributed by atoms with van der Waals surface area (Å²) in [6.07, 6.45) is -4.43. The van der Waals surface area contributed by atoms with E-state index in [1.807, 2.05) is 0 Å². The predicted molar refractivity (Wildman–Crippen MR) is 95.6 cm³/mol. The molecule has 0 saturated carbocycles. The Morgan fingerprint density at radius 1 is 0.778 bits per heavy atom. The normalized spacial score (nSPS) is 15.1. The van der Waals surface area contributed by atoms with Crippen LogP contribution in [0.25, 0.3) is 0 Å². The highest BCUT2D eigenvalue weighted by molar-refractivity contribution is 7.92. The molecular weight excluding hydrogens is 375 g/mol. The monoisotopic (exact) mass is 389 g/mol. The number of rotatable bonds is 2. The van der Waals surface area contributed by atoms with Gasteiger partial charge in [-0.1, -0.05) is 36.4 Å². The molecule has 3 nitrogen and oxygen atoms in total. The van der Waals surface area contributed by atoms with Crippen LogP contribution in [0.3, 0.4) is 0 Å². The van der Waals surface area contributed by atoms with E-state index in [0.717, 1.165) is 12.1 Å². The first kappa shape index (κ1) is 17.6. The first-order valence-electron chi connectivity index (χ1n) is 8.15. The number of hydrogen-bond acceptors (Lipinski definition) is 3. The van der Waals surface area contributed by atoms with Crippen molar-refractivity contribution in [1.29, 1.82) is 0 Å². The summed E-state index contributed by atoms with van der Waals surface area (Å²) in [5.74, 6) is 0. The lowest BCUT2D eigenvalue weighted by Crippen LogP contribution is -2.25. The van der Waals surface area contributed by atoms with Crippen LogP contribution in [-0.4, -0.2) is 8.42 Å². The molecule has 0 fully saturated rings. The third-order valence-electron chi connectivity index (χ3n) is 4.49. The Kier molecular flexibility index (Phi) is 3.99. The molecule has 0 unspecified atom stereocenters. The van der Waals surface area contributed by atoms with Gasteiger partial charge in [0.05, 0.1) is 26.7 Å². The Balaban J connectivity index is 1.85. The van der Waals surface area contributed by atoms with Gasteiger partial charge < -0.3 is 4.90 Å². The van der Waals surface area contributed by atoms with Crippen LogP contribution in [-0.2, 0) is 22.6 Å². The second-order valence-corrected chi connectivity index (χ2v) is 8.11. The topological polar surface area (TPSA) is 37.4 Å². The number of halogens is 3. The van der Waals surface area contributed by atoms with Crippen LogP contribution in [0.2, 0.25) is 0 Å². The number of alkyl halides is 3. The van der Waals surface area contributed by atoms with Crippen molar-refractivity contribution in [2.24, 2.45) is 0 Å². The van der Waals surface area contributed by atoms with Crippen LogP contribution in [0.15, 0.2) is 82.6 Å². The van der Waals surface area contributed by atoms with Gasteiger partial charge >= 0.3 is 6.18 Å². The molecule has 3 aromatic rings. The predicted octanol–water partition coefficient (Wildman–Crippen LogP) is 5.19. The number of benzene rings is 3. The Morgan fingerprint density at radius 3 is 1.89 bits per heavy atom. The summed E-state index contributed by atoms with van der Waals surface area (Å²) in [4.78, 5) is 2.03. The van der Waals surface area contributed by atoms with Gasteiger partial charge in [0.15, 0.2) is 0 Å². The van der Waals surface area contributed by atoms with Gasteiger partial charge in [0.2, 0.25) is 9.84 Å². The molecule has 0 spiro atoms. The molecule has 1 aliphatic heterocycles. The molecule has 138 valence electrons. The molecule has 0 amide bonds. The average Bonchev–Trinajstić information content (AvgIpc) is 2.65. The zero-order valence-corrected chi connectivity index (χ0v) is 14.8. The van der Waals surface area contributed by atoms with E-state index in [0.29, 0.717) is 16.9 Å². The summed E-state index contributed by atoms with van der Waals surface area (Å²) < 4.78 is 64.9. The third-order valence-corrected chi connectivity index (χ3v) is 6.33. The van der Waals surface area contributed by atoms with Gasteiger partial charge in [0.25, 0.3) is 0 Å². The van der Waals surface area contributed by atoms with Crippen LogP contribution in [0.1, 0.15) is 11.1 Å². The minimum atomic E-state index is -4.43. The van der Waals surface area contributed by atoms with Crippen molar-refractivity contribution < 1.29 is 21.6 Å². The third kappa shape index (κ3) is 2.98. The fraction of sp³-hybridized carbons (Fsp3) is 0.100. The van der Waals surface area contributed by atoms with Gasteiger partial charge in [-0.3, -0.25) is 0 Å². The van der Waals surface area contributed by atoms with Crippen molar-refractivity contribution in [2.45, 2.75) is 22.5 Å². The first-order valence-corrected chi connectivity index (χ1v) is 9.63. The number of anilines is 2. The van der Waals surface area contributed by atoms with E-state index in [9.17, 15) is 21.6 Å². The molecule has 0 aromatic heterocycles. The fourth-order valence-corrected chi connectivity index (χ4v) is 4.92. The Bertz CT molecular complexity index is 1070. The van der Waals surface area contributed by atoms with E-state index >= 15 is 0 Å². The second kappa shape index (κ2) is 6.13. The molecule has 0 radical (unpaired) electrons. The fourth-order valence-electron chi connectivity index (χ4n) is 3.26. The van der Waals surface area contributed by atoms with E-state index in [1.54, 1.807) is 47.4 Å². The Hall–Kier alpha value is -2.80. The lowest BCUT2D eigenvalue weighted by atomic mass is 10.1.